The minimum atomic E-state index is -1.63. The van der Waals surface area contributed by atoms with Crippen LogP contribution >= 0.6 is 0 Å². The van der Waals surface area contributed by atoms with Crippen molar-refractivity contribution in [1.29, 1.82) is 0 Å². The summed E-state index contributed by atoms with van der Waals surface area (Å²) in [6.45, 7) is 27.7. The number of hydrogen-bond acceptors (Lipinski definition) is 0. The predicted octanol–water partition coefficient (Wildman–Crippen LogP) is -4.85. The number of hydrogen-bond donors (Lipinski definition) is 6. The van der Waals surface area contributed by atoms with Gasteiger partial charge in [-0.05, 0) is 48.1 Å². The van der Waals surface area contributed by atoms with E-state index in [-0.39, 0.29) is 48.6 Å². The molecule has 8 nitrogen and oxygen atoms in total. The molecular formula is C44H92Li2N8Si2+6. The standard InChI is InChI=1S/2C16H27N2Si.2C6H16N2.2Li/c2*1-16(2,3)15(17-19(6,7)18(4)5)13-14-11-9-8-10-12-14;2*1-7(2)5-6-8(3)4;;/h2*8-13H,1-7H3;2*5-6H2,1-4H3;;/q2*-1;;;2*+1/p+6/b2*15-13-;;;;. The van der Waals surface area contributed by atoms with E-state index in [2.05, 4.69) is 213 Å². The molecule has 0 spiro atoms. The Balaban J connectivity index is -0.000000343. The van der Waals surface area contributed by atoms with E-state index >= 15 is 0 Å². The Labute approximate surface area is 375 Å². The van der Waals surface area contributed by atoms with Gasteiger partial charge in [-0.25, -0.2) is 0 Å². The third kappa shape index (κ3) is 31.8. The monoisotopic (exact) mass is 803 g/mol. The second-order valence-corrected chi connectivity index (χ2v) is 28.2. The summed E-state index contributed by atoms with van der Waals surface area (Å²) in [6.07, 6.45) is 4.47. The van der Waals surface area contributed by atoms with Gasteiger partial charge in [0.1, 0.15) is 26.2 Å². The van der Waals surface area contributed by atoms with Crippen LogP contribution in [-0.4, -0.2) is 128 Å². The van der Waals surface area contributed by atoms with Crippen LogP contribution in [-0.2, 0) is 0 Å². The zero-order chi connectivity index (χ0) is 42.5. The zero-order valence-electron chi connectivity index (χ0n) is 41.7. The summed E-state index contributed by atoms with van der Waals surface area (Å²) in [5.74, 6) is 0. The molecule has 0 bridgehead atoms. The molecule has 2 aromatic rings. The van der Waals surface area contributed by atoms with Crippen LogP contribution in [0, 0.1) is 10.8 Å². The first-order valence-electron chi connectivity index (χ1n) is 20.3. The molecule has 0 radical (unpaired) electrons. The Morgan fingerprint density at radius 3 is 0.821 bits per heavy atom. The van der Waals surface area contributed by atoms with Crippen molar-refractivity contribution < 1.29 is 66.5 Å². The second kappa shape index (κ2) is 30.0. The summed E-state index contributed by atoms with van der Waals surface area (Å²) < 4.78 is 2.94. The first kappa shape index (κ1) is 61.6. The number of benzene rings is 2. The number of likely N-dealkylation sites (N-methyl/N-ethyl adjacent to an activating group) is 4. The molecule has 0 unspecified atom stereocenters. The quantitative estimate of drug-likeness (QED) is 0.104. The molecule has 0 aliphatic heterocycles. The molecule has 0 aliphatic carbocycles. The van der Waals surface area contributed by atoms with Crippen molar-refractivity contribution in [2.75, 3.05) is 111 Å². The van der Waals surface area contributed by atoms with Crippen LogP contribution in [0.15, 0.2) is 72.1 Å². The van der Waals surface area contributed by atoms with Crippen LogP contribution in [0.4, 0.5) is 0 Å². The Kier molecular flexibility index (Phi) is 33.0. The molecule has 0 saturated carbocycles. The Bertz CT molecular complexity index is 1180. The SMILES string of the molecule is C[NH+](C)CC[NH+](C)C.C[NH+](C)CC[NH+](C)C.C[NH+](C)[Si](C)(C)[N-]/C(=C\c1ccccc1)C(C)(C)C.C[NH+](C)[Si](C)(C)[N-]/C(=C\c1ccccc1)C(C)(C)C.[Li+].[Li+]. The molecule has 0 amide bonds. The van der Waals surface area contributed by atoms with E-state index in [0.29, 0.717) is 0 Å². The first-order valence-corrected chi connectivity index (χ1v) is 26.2. The molecule has 12 heteroatoms. The van der Waals surface area contributed by atoms with Crippen LogP contribution in [0.25, 0.3) is 22.1 Å². The fourth-order valence-electron chi connectivity index (χ4n) is 4.07. The average Bonchev–Trinajstić information content (AvgIpc) is 3.03. The van der Waals surface area contributed by atoms with Gasteiger partial charge in [-0.15, -0.1) is 0 Å². The van der Waals surface area contributed by atoms with Crippen molar-refractivity contribution >= 4 is 28.9 Å². The molecule has 0 saturated heterocycles. The maximum atomic E-state index is 5.14. The molecule has 0 fully saturated rings. The normalized spacial score (nSPS) is 12.6. The van der Waals surface area contributed by atoms with Crippen LogP contribution in [0.1, 0.15) is 52.7 Å². The van der Waals surface area contributed by atoms with Crippen LogP contribution in [0.2, 0.25) is 26.2 Å². The summed E-state index contributed by atoms with van der Waals surface area (Å²) in [5, 5.41) is 0. The van der Waals surface area contributed by atoms with Gasteiger partial charge in [0.05, 0.1) is 56.4 Å². The van der Waals surface area contributed by atoms with Crippen LogP contribution in [0.5, 0.6) is 0 Å². The number of rotatable bonds is 14. The Hall–Kier alpha value is -1.09. The third-order valence-corrected chi connectivity index (χ3v) is 15.7. The molecule has 0 aromatic heterocycles. The summed E-state index contributed by atoms with van der Waals surface area (Å²) in [4.78, 5) is 16.4. The van der Waals surface area contributed by atoms with Gasteiger partial charge in [0.25, 0.3) is 0 Å². The van der Waals surface area contributed by atoms with Crippen molar-refractivity contribution in [3.8, 4) is 0 Å². The second-order valence-electron chi connectivity index (χ2n) is 19.6. The molecule has 2 aromatic carbocycles. The van der Waals surface area contributed by atoms with Gasteiger partial charge in [0.2, 0.25) is 0 Å². The van der Waals surface area contributed by atoms with Gasteiger partial charge in [0, 0.05) is 28.2 Å². The first-order chi connectivity index (χ1) is 24.5. The molecule has 0 heterocycles. The molecule has 6 N–H and O–H groups in total. The van der Waals surface area contributed by atoms with Crippen molar-refractivity contribution in [3.05, 3.63) is 93.1 Å². The van der Waals surface area contributed by atoms with Crippen LogP contribution in [0.3, 0.4) is 0 Å². The van der Waals surface area contributed by atoms with E-state index in [9.17, 15) is 0 Å². The number of quaternary nitrogens is 6. The van der Waals surface area contributed by atoms with Gasteiger partial charge in [-0.2, -0.15) is 11.4 Å². The summed E-state index contributed by atoms with van der Waals surface area (Å²) in [7, 11) is 23.0. The van der Waals surface area contributed by atoms with E-state index in [1.807, 2.05) is 12.1 Å². The van der Waals surface area contributed by atoms with Gasteiger partial charge < -0.3 is 38.7 Å². The molecular weight excluding hydrogens is 711 g/mol. The summed E-state index contributed by atoms with van der Waals surface area (Å²) in [6, 6.07) is 20.9. The van der Waals surface area contributed by atoms with E-state index in [1.54, 1.807) is 0 Å². The van der Waals surface area contributed by atoms with Crippen molar-refractivity contribution in [3.63, 3.8) is 0 Å². The third-order valence-electron chi connectivity index (χ3n) is 9.24. The Morgan fingerprint density at radius 1 is 0.446 bits per heavy atom. The smallest absolute Gasteiger partial charge is 0.641 e. The minimum Gasteiger partial charge on any atom is -0.641 e. The molecule has 312 valence electrons. The van der Waals surface area contributed by atoms with Gasteiger partial charge in [0.15, 0.2) is 16.8 Å². The number of allylic oxidation sites excluding steroid dienone is 2. The topological polar surface area (TPSA) is 54.8 Å². The summed E-state index contributed by atoms with van der Waals surface area (Å²) in [5.41, 5.74) is 5.03. The predicted molar refractivity (Wildman–Crippen MR) is 246 cm³/mol. The van der Waals surface area contributed by atoms with Gasteiger partial charge in [-0.3, -0.25) is 0 Å². The van der Waals surface area contributed by atoms with Gasteiger partial charge in [-0.1, -0.05) is 114 Å². The molecule has 0 atom stereocenters. The largest absolute Gasteiger partial charge is 1.00 e. The van der Waals surface area contributed by atoms with E-state index < -0.39 is 16.8 Å². The van der Waals surface area contributed by atoms with E-state index in [4.69, 9.17) is 9.96 Å². The number of nitrogens with zero attached hydrogens (tertiary/aromatic N) is 2. The number of nitrogens with one attached hydrogen (secondary N) is 6. The van der Waals surface area contributed by atoms with Crippen molar-refractivity contribution in [2.45, 2.75) is 67.7 Å². The van der Waals surface area contributed by atoms with Crippen LogP contribution < -0.4 is 66.5 Å². The molecule has 2 rings (SSSR count). The molecule has 56 heavy (non-hydrogen) atoms. The fraction of sp³-hybridized carbons (Fsp3) is 0.636. The van der Waals surface area contributed by atoms with Gasteiger partial charge >= 0.3 is 37.7 Å². The summed E-state index contributed by atoms with van der Waals surface area (Å²) >= 11 is 0. The van der Waals surface area contributed by atoms with E-state index in [1.165, 1.54) is 77.4 Å². The van der Waals surface area contributed by atoms with E-state index in [0.717, 1.165) is 0 Å². The minimum absolute atomic E-state index is 0. The maximum Gasteiger partial charge on any atom is 1.00 e. The fourth-order valence-corrected chi connectivity index (χ4v) is 6.52. The molecule has 0 aliphatic rings. The average molecular weight is 803 g/mol. The van der Waals surface area contributed by atoms with Crippen molar-refractivity contribution in [1.82, 2.24) is 0 Å². The zero-order valence-corrected chi connectivity index (χ0v) is 43.7. The van der Waals surface area contributed by atoms with Crippen molar-refractivity contribution in [2.24, 2.45) is 10.8 Å². The maximum absolute atomic E-state index is 5.14. The Morgan fingerprint density at radius 2 is 0.661 bits per heavy atom.